The molecule has 0 saturated carbocycles. The molecule has 12 heteroatoms. The molecule has 8 nitrogen and oxygen atoms in total. The van der Waals surface area contributed by atoms with Crippen molar-refractivity contribution < 1.29 is 17.9 Å². The van der Waals surface area contributed by atoms with E-state index in [1.165, 1.54) is 23.9 Å². The van der Waals surface area contributed by atoms with Crippen LogP contribution >= 0.6 is 34.8 Å². The fraction of sp³-hybridized carbons (Fsp3) is 0.118. The van der Waals surface area contributed by atoms with Crippen LogP contribution in [0, 0.1) is 6.92 Å². The van der Waals surface area contributed by atoms with Gasteiger partial charge in [-0.2, -0.15) is 0 Å². The van der Waals surface area contributed by atoms with Gasteiger partial charge in [0.25, 0.3) is 15.9 Å². The molecule has 0 radical (unpaired) electrons. The maximum Gasteiger partial charge on any atom is 0.287 e. The van der Waals surface area contributed by atoms with Gasteiger partial charge in [-0.1, -0.05) is 40.0 Å². The number of nitrogens with zero attached hydrogens (tertiary/aromatic N) is 3. The Balaban J connectivity index is 1.93. The van der Waals surface area contributed by atoms with Crippen LogP contribution < -0.4 is 9.46 Å². The average Bonchev–Trinajstić information content (AvgIpc) is 3.04. The lowest BCUT2D eigenvalue weighted by Crippen LogP contribution is -2.31. The number of amides is 1. The van der Waals surface area contributed by atoms with Crippen LogP contribution in [0.2, 0.25) is 15.1 Å². The lowest BCUT2D eigenvalue weighted by atomic mass is 10.2. The molecule has 0 atom stereocenters. The molecule has 2 aromatic carbocycles. The number of benzene rings is 2. The first-order valence-corrected chi connectivity index (χ1v) is 10.5. The molecule has 1 amide bonds. The van der Waals surface area contributed by atoms with E-state index in [-0.39, 0.29) is 26.3 Å². The van der Waals surface area contributed by atoms with E-state index < -0.39 is 15.9 Å². The topological polar surface area (TPSA) is 103 Å². The van der Waals surface area contributed by atoms with Crippen molar-refractivity contribution >= 4 is 50.7 Å². The van der Waals surface area contributed by atoms with Crippen LogP contribution in [0.4, 0.5) is 0 Å². The number of nitrogens with one attached hydrogen (secondary N) is 1. The van der Waals surface area contributed by atoms with Crippen LogP contribution in [-0.4, -0.2) is 36.4 Å². The van der Waals surface area contributed by atoms with Gasteiger partial charge in [0.15, 0.2) is 5.69 Å². The minimum absolute atomic E-state index is 0.0832. The zero-order valence-corrected chi connectivity index (χ0v) is 18.1. The third-order valence-corrected chi connectivity index (χ3v) is 6.25. The summed E-state index contributed by atoms with van der Waals surface area (Å²) in [5.74, 6) is -0.437. The van der Waals surface area contributed by atoms with Gasteiger partial charge in [-0.3, -0.25) is 4.79 Å². The summed E-state index contributed by atoms with van der Waals surface area (Å²) >= 11 is 18.0. The van der Waals surface area contributed by atoms with Gasteiger partial charge in [0.1, 0.15) is 10.6 Å². The summed E-state index contributed by atoms with van der Waals surface area (Å²) in [7, 11) is -2.78. The highest BCUT2D eigenvalue weighted by Crippen LogP contribution is 2.27. The number of carbonyl (C=O) groups excluding carboxylic acids is 1. The molecule has 29 heavy (non-hydrogen) atoms. The van der Waals surface area contributed by atoms with Gasteiger partial charge < -0.3 is 4.74 Å². The Hall–Kier alpha value is -2.33. The van der Waals surface area contributed by atoms with Crippen LogP contribution in [0.25, 0.3) is 5.69 Å². The molecule has 0 fully saturated rings. The predicted octanol–water partition coefficient (Wildman–Crippen LogP) is 3.66. The van der Waals surface area contributed by atoms with Crippen LogP contribution in [0.5, 0.6) is 5.75 Å². The molecule has 0 spiro atoms. The molecule has 0 bridgehead atoms. The smallest absolute Gasteiger partial charge is 0.287 e. The summed E-state index contributed by atoms with van der Waals surface area (Å²) < 4.78 is 33.4. The number of ether oxygens (including phenoxy) is 1. The number of rotatable bonds is 5. The van der Waals surface area contributed by atoms with Gasteiger partial charge in [-0.15, -0.1) is 5.10 Å². The number of hydrogen-bond donors (Lipinski definition) is 1. The summed E-state index contributed by atoms with van der Waals surface area (Å²) in [6.07, 6.45) is 0. The van der Waals surface area contributed by atoms with Gasteiger partial charge in [0.05, 0.1) is 28.5 Å². The van der Waals surface area contributed by atoms with Crippen molar-refractivity contribution in [2.24, 2.45) is 0 Å². The van der Waals surface area contributed by atoms with Gasteiger partial charge in [0, 0.05) is 11.1 Å². The average molecular weight is 476 g/mol. The highest BCUT2D eigenvalue weighted by atomic mass is 35.5. The van der Waals surface area contributed by atoms with E-state index in [1.807, 2.05) is 4.72 Å². The maximum absolute atomic E-state index is 12.5. The number of aromatic nitrogens is 3. The fourth-order valence-electron chi connectivity index (χ4n) is 2.46. The van der Waals surface area contributed by atoms with Crippen LogP contribution in [-0.2, 0) is 10.0 Å². The molecule has 0 saturated heterocycles. The standard InChI is InChI=1S/C17H13Cl3N4O4S/c1-9-16(21-23-24(9)14-6-4-11(28-2)8-13(14)20)17(25)22-29(26,27)15-7-10(18)3-5-12(15)19/h3-8H,1-2H3,(H,22,25). The minimum atomic E-state index is -4.29. The highest BCUT2D eigenvalue weighted by molar-refractivity contribution is 7.90. The van der Waals surface area contributed by atoms with E-state index in [2.05, 4.69) is 10.3 Å². The molecule has 0 aliphatic rings. The first kappa shape index (κ1) is 21.4. The van der Waals surface area contributed by atoms with Crippen LogP contribution in [0.1, 0.15) is 16.2 Å². The van der Waals surface area contributed by atoms with Crippen molar-refractivity contribution in [1.29, 1.82) is 0 Å². The number of carbonyl (C=O) groups is 1. The SMILES string of the molecule is COc1ccc(-n2nnc(C(=O)NS(=O)(=O)c3cc(Cl)ccc3Cl)c2C)c(Cl)c1. The number of methoxy groups -OCH3 is 1. The number of sulfonamides is 1. The Labute approximate surface area is 181 Å². The first-order valence-electron chi connectivity index (χ1n) is 7.92. The van der Waals surface area contributed by atoms with Crippen molar-refractivity contribution in [3.63, 3.8) is 0 Å². The highest BCUT2D eigenvalue weighted by Gasteiger charge is 2.26. The fourth-order valence-corrected chi connectivity index (χ4v) is 4.43. The third-order valence-electron chi connectivity index (χ3n) is 3.90. The molecule has 0 aliphatic heterocycles. The molecular weight excluding hydrogens is 463 g/mol. The van der Waals surface area contributed by atoms with E-state index >= 15 is 0 Å². The van der Waals surface area contributed by atoms with Crippen molar-refractivity contribution in [3.8, 4) is 11.4 Å². The molecule has 1 heterocycles. The molecule has 3 rings (SSSR count). The Bertz CT molecular complexity index is 1210. The first-order chi connectivity index (χ1) is 13.6. The Morgan fingerprint density at radius 2 is 1.83 bits per heavy atom. The van der Waals surface area contributed by atoms with Crippen molar-refractivity contribution in [2.75, 3.05) is 7.11 Å². The van der Waals surface area contributed by atoms with Crippen LogP contribution in [0.15, 0.2) is 41.3 Å². The Morgan fingerprint density at radius 1 is 1.10 bits per heavy atom. The molecule has 3 aromatic rings. The van der Waals surface area contributed by atoms with E-state index in [1.54, 1.807) is 25.1 Å². The summed E-state index contributed by atoms with van der Waals surface area (Å²) in [4.78, 5) is 12.2. The Morgan fingerprint density at radius 3 is 2.48 bits per heavy atom. The van der Waals surface area contributed by atoms with Crippen molar-refractivity contribution in [2.45, 2.75) is 11.8 Å². The quantitative estimate of drug-likeness (QED) is 0.604. The molecule has 1 N–H and O–H groups in total. The molecule has 1 aromatic heterocycles. The van der Waals surface area contributed by atoms with Crippen molar-refractivity contribution in [1.82, 2.24) is 19.7 Å². The predicted molar refractivity (Wildman–Crippen MR) is 109 cm³/mol. The second-order valence-electron chi connectivity index (χ2n) is 5.76. The number of hydrogen-bond acceptors (Lipinski definition) is 6. The third kappa shape index (κ3) is 4.32. The molecule has 0 aliphatic carbocycles. The second-order valence-corrected chi connectivity index (χ2v) is 8.66. The minimum Gasteiger partial charge on any atom is -0.497 e. The van der Waals surface area contributed by atoms with Gasteiger partial charge in [0.2, 0.25) is 0 Å². The summed E-state index contributed by atoms with van der Waals surface area (Å²) in [5.41, 5.74) is 0.526. The van der Waals surface area contributed by atoms with E-state index in [4.69, 9.17) is 39.5 Å². The maximum atomic E-state index is 12.5. The van der Waals surface area contributed by atoms with E-state index in [9.17, 15) is 13.2 Å². The lowest BCUT2D eigenvalue weighted by molar-refractivity contribution is 0.0976. The normalized spacial score (nSPS) is 11.3. The molecule has 0 unspecified atom stereocenters. The van der Waals surface area contributed by atoms with Crippen molar-refractivity contribution in [3.05, 3.63) is 62.9 Å². The van der Waals surface area contributed by atoms with E-state index in [0.717, 1.165) is 6.07 Å². The molecular formula is C17H13Cl3N4O4S. The molecule has 152 valence electrons. The van der Waals surface area contributed by atoms with Gasteiger partial charge in [-0.25, -0.2) is 17.8 Å². The summed E-state index contributed by atoms with van der Waals surface area (Å²) in [6, 6.07) is 8.75. The van der Waals surface area contributed by atoms with Gasteiger partial charge in [-0.05, 0) is 37.3 Å². The van der Waals surface area contributed by atoms with E-state index in [0.29, 0.717) is 16.5 Å². The number of halogens is 3. The zero-order valence-electron chi connectivity index (χ0n) is 15.0. The Kier molecular flexibility index (Phi) is 6.04. The monoisotopic (exact) mass is 474 g/mol. The summed E-state index contributed by atoms with van der Waals surface area (Å²) in [5, 5.41) is 8.05. The zero-order chi connectivity index (χ0) is 21.3. The second kappa shape index (κ2) is 8.19. The lowest BCUT2D eigenvalue weighted by Gasteiger charge is -2.09. The van der Waals surface area contributed by atoms with Gasteiger partial charge >= 0.3 is 0 Å². The summed E-state index contributed by atoms with van der Waals surface area (Å²) in [6.45, 7) is 1.55. The largest absolute Gasteiger partial charge is 0.497 e. The van der Waals surface area contributed by atoms with Crippen LogP contribution in [0.3, 0.4) is 0 Å².